The van der Waals surface area contributed by atoms with Crippen LogP contribution in [0, 0.1) is 11.8 Å². The van der Waals surface area contributed by atoms with Crippen LogP contribution in [0.15, 0.2) is 0 Å². The Hall–Kier alpha value is -0.120. The normalized spacial score (nSPS) is 35.8. The number of hydrogen-bond acceptors (Lipinski definition) is 3. The standard InChI is InChI=1S/C15H29NO2/c1-3-12-4-5-15(17)14(10-12)16-8-6-13(7-9-16)11-18-2/h12-15,17H,3-11H2,1-2H3. The van der Waals surface area contributed by atoms with Crippen LogP contribution in [-0.4, -0.2) is 49.0 Å². The third kappa shape index (κ3) is 3.46. The molecule has 0 radical (unpaired) electrons. The molecule has 0 amide bonds. The van der Waals surface area contributed by atoms with Crippen molar-refractivity contribution < 1.29 is 9.84 Å². The molecular weight excluding hydrogens is 226 g/mol. The van der Waals surface area contributed by atoms with Crippen LogP contribution >= 0.6 is 0 Å². The van der Waals surface area contributed by atoms with Crippen LogP contribution < -0.4 is 0 Å². The van der Waals surface area contributed by atoms with Gasteiger partial charge in [0.2, 0.25) is 0 Å². The van der Waals surface area contributed by atoms with Crippen molar-refractivity contribution in [1.29, 1.82) is 0 Å². The van der Waals surface area contributed by atoms with E-state index in [1.54, 1.807) is 7.11 Å². The van der Waals surface area contributed by atoms with E-state index >= 15 is 0 Å². The second-order valence-electron chi connectivity index (χ2n) is 6.16. The van der Waals surface area contributed by atoms with Gasteiger partial charge in [0, 0.05) is 19.8 Å². The fourth-order valence-electron chi connectivity index (χ4n) is 3.67. The lowest BCUT2D eigenvalue weighted by molar-refractivity contribution is -0.0169. The number of nitrogens with zero attached hydrogens (tertiary/aromatic N) is 1. The first-order valence-corrected chi connectivity index (χ1v) is 7.65. The van der Waals surface area contributed by atoms with E-state index < -0.39 is 0 Å². The molecule has 3 unspecified atom stereocenters. The first-order chi connectivity index (χ1) is 8.74. The number of methoxy groups -OCH3 is 1. The van der Waals surface area contributed by atoms with Crippen molar-refractivity contribution in [2.45, 2.75) is 57.6 Å². The van der Waals surface area contributed by atoms with Crippen LogP contribution in [0.3, 0.4) is 0 Å². The van der Waals surface area contributed by atoms with Gasteiger partial charge in [-0.2, -0.15) is 0 Å². The van der Waals surface area contributed by atoms with Crippen LogP contribution in [0.1, 0.15) is 45.4 Å². The number of rotatable bonds is 4. The Balaban J connectivity index is 1.83. The zero-order chi connectivity index (χ0) is 13.0. The van der Waals surface area contributed by atoms with Crippen LogP contribution in [-0.2, 0) is 4.74 Å². The highest BCUT2D eigenvalue weighted by Crippen LogP contribution is 2.32. The molecule has 1 saturated carbocycles. The average Bonchev–Trinajstić information content (AvgIpc) is 2.41. The van der Waals surface area contributed by atoms with E-state index in [-0.39, 0.29) is 6.10 Å². The molecule has 0 spiro atoms. The largest absolute Gasteiger partial charge is 0.391 e. The first kappa shape index (κ1) is 14.3. The lowest BCUT2D eigenvalue weighted by Gasteiger charge is -2.43. The zero-order valence-corrected chi connectivity index (χ0v) is 12.0. The Labute approximate surface area is 112 Å². The first-order valence-electron chi connectivity index (χ1n) is 7.65. The highest BCUT2D eigenvalue weighted by molar-refractivity contribution is 4.88. The summed E-state index contributed by atoms with van der Waals surface area (Å²) in [6.07, 6.45) is 7.06. The van der Waals surface area contributed by atoms with Gasteiger partial charge in [-0.3, -0.25) is 4.90 Å². The van der Waals surface area contributed by atoms with Crippen molar-refractivity contribution in [3.05, 3.63) is 0 Å². The van der Waals surface area contributed by atoms with Crippen LogP contribution in [0.25, 0.3) is 0 Å². The predicted octanol–water partition coefficient (Wildman–Crippen LogP) is 2.28. The summed E-state index contributed by atoms with van der Waals surface area (Å²) in [5, 5.41) is 10.2. The molecule has 2 aliphatic rings. The summed E-state index contributed by atoms with van der Waals surface area (Å²) in [6.45, 7) is 5.47. The summed E-state index contributed by atoms with van der Waals surface area (Å²) in [7, 11) is 1.79. The quantitative estimate of drug-likeness (QED) is 0.836. The Bertz CT molecular complexity index is 239. The molecule has 18 heavy (non-hydrogen) atoms. The minimum atomic E-state index is -0.0909. The monoisotopic (exact) mass is 255 g/mol. The molecule has 0 aromatic carbocycles. The molecule has 0 bridgehead atoms. The van der Waals surface area contributed by atoms with E-state index in [2.05, 4.69) is 11.8 Å². The maximum atomic E-state index is 10.2. The number of aliphatic hydroxyl groups excluding tert-OH is 1. The van der Waals surface area contributed by atoms with E-state index in [0.29, 0.717) is 6.04 Å². The van der Waals surface area contributed by atoms with E-state index in [9.17, 15) is 5.11 Å². The fraction of sp³-hybridized carbons (Fsp3) is 1.00. The molecule has 1 N–H and O–H groups in total. The number of ether oxygens (including phenoxy) is 1. The van der Waals surface area contributed by atoms with Gasteiger partial charge < -0.3 is 9.84 Å². The van der Waals surface area contributed by atoms with Crippen molar-refractivity contribution in [3.8, 4) is 0 Å². The minimum Gasteiger partial charge on any atom is -0.391 e. The van der Waals surface area contributed by atoms with E-state index in [4.69, 9.17) is 4.74 Å². The van der Waals surface area contributed by atoms with Gasteiger partial charge >= 0.3 is 0 Å². The summed E-state index contributed by atoms with van der Waals surface area (Å²) >= 11 is 0. The second kappa shape index (κ2) is 6.88. The van der Waals surface area contributed by atoms with Crippen molar-refractivity contribution in [1.82, 2.24) is 4.90 Å². The van der Waals surface area contributed by atoms with E-state index in [1.165, 1.54) is 32.1 Å². The Morgan fingerprint density at radius 1 is 1.11 bits per heavy atom. The molecule has 2 rings (SSSR count). The number of piperidine rings is 1. The van der Waals surface area contributed by atoms with Gasteiger partial charge in [-0.15, -0.1) is 0 Å². The molecule has 0 aromatic heterocycles. The van der Waals surface area contributed by atoms with Gasteiger partial charge in [0.15, 0.2) is 0 Å². The highest BCUT2D eigenvalue weighted by atomic mass is 16.5. The third-order valence-corrected chi connectivity index (χ3v) is 4.99. The van der Waals surface area contributed by atoms with E-state index in [0.717, 1.165) is 38.0 Å². The Morgan fingerprint density at radius 3 is 2.44 bits per heavy atom. The average molecular weight is 255 g/mol. The second-order valence-corrected chi connectivity index (χ2v) is 6.16. The van der Waals surface area contributed by atoms with Crippen LogP contribution in [0.2, 0.25) is 0 Å². The summed E-state index contributed by atoms with van der Waals surface area (Å²) in [4.78, 5) is 2.54. The Morgan fingerprint density at radius 2 is 1.83 bits per heavy atom. The molecule has 2 fully saturated rings. The lowest BCUT2D eigenvalue weighted by atomic mass is 9.80. The fourth-order valence-corrected chi connectivity index (χ4v) is 3.67. The van der Waals surface area contributed by atoms with Crippen molar-refractivity contribution in [3.63, 3.8) is 0 Å². The maximum Gasteiger partial charge on any atom is 0.0695 e. The predicted molar refractivity (Wildman–Crippen MR) is 73.6 cm³/mol. The minimum absolute atomic E-state index is 0.0909. The molecule has 3 atom stereocenters. The highest BCUT2D eigenvalue weighted by Gasteiger charge is 2.34. The SMILES string of the molecule is CCC1CCC(O)C(N2CCC(COC)CC2)C1. The molecule has 3 nitrogen and oxygen atoms in total. The molecule has 0 aromatic rings. The lowest BCUT2D eigenvalue weighted by Crippen LogP contribution is -2.50. The number of aliphatic hydroxyl groups is 1. The molecule has 106 valence electrons. The smallest absolute Gasteiger partial charge is 0.0695 e. The molecule has 1 saturated heterocycles. The van der Waals surface area contributed by atoms with Gasteiger partial charge in [0.05, 0.1) is 6.10 Å². The van der Waals surface area contributed by atoms with Gasteiger partial charge in [0.1, 0.15) is 0 Å². The summed E-state index contributed by atoms with van der Waals surface area (Å²) < 4.78 is 5.25. The topological polar surface area (TPSA) is 32.7 Å². The Kier molecular flexibility index (Phi) is 5.46. The van der Waals surface area contributed by atoms with Gasteiger partial charge in [-0.25, -0.2) is 0 Å². The zero-order valence-electron chi connectivity index (χ0n) is 12.0. The van der Waals surface area contributed by atoms with E-state index in [1.807, 2.05) is 0 Å². The van der Waals surface area contributed by atoms with Gasteiger partial charge in [0.25, 0.3) is 0 Å². The van der Waals surface area contributed by atoms with Crippen LogP contribution in [0.4, 0.5) is 0 Å². The van der Waals surface area contributed by atoms with Crippen molar-refractivity contribution in [2.75, 3.05) is 26.8 Å². The molecule has 3 heteroatoms. The summed E-state index contributed by atoms with van der Waals surface area (Å²) in [5.74, 6) is 1.56. The molecule has 1 heterocycles. The van der Waals surface area contributed by atoms with Crippen molar-refractivity contribution >= 4 is 0 Å². The number of hydrogen-bond donors (Lipinski definition) is 1. The molecule has 1 aliphatic carbocycles. The molecule has 1 aliphatic heterocycles. The summed E-state index contributed by atoms with van der Waals surface area (Å²) in [5.41, 5.74) is 0. The number of likely N-dealkylation sites (tertiary alicyclic amines) is 1. The van der Waals surface area contributed by atoms with Crippen molar-refractivity contribution in [2.24, 2.45) is 11.8 Å². The van der Waals surface area contributed by atoms with Gasteiger partial charge in [-0.1, -0.05) is 13.3 Å². The summed E-state index contributed by atoms with van der Waals surface area (Å²) in [6, 6.07) is 0.423. The maximum absolute atomic E-state index is 10.2. The van der Waals surface area contributed by atoms with Crippen LogP contribution in [0.5, 0.6) is 0 Å². The third-order valence-electron chi connectivity index (χ3n) is 4.99. The molecular formula is C15H29NO2. The van der Waals surface area contributed by atoms with Gasteiger partial charge in [-0.05, 0) is 57.0 Å².